The lowest BCUT2D eigenvalue weighted by molar-refractivity contribution is 0.0939. The SMILES string of the molecule is CC(C)n1cc(C(=O)N[C@H](C)c2ccc(C(=C3CCNCC3)c3ccc(F)cc3)cc2)cn1. The van der Waals surface area contributed by atoms with Crippen LogP contribution in [0.25, 0.3) is 5.57 Å². The van der Waals surface area contributed by atoms with Gasteiger partial charge in [0.25, 0.3) is 5.91 Å². The van der Waals surface area contributed by atoms with E-state index in [9.17, 15) is 9.18 Å². The summed E-state index contributed by atoms with van der Waals surface area (Å²) < 4.78 is 15.3. The van der Waals surface area contributed by atoms with Crippen molar-refractivity contribution >= 4 is 11.5 Å². The highest BCUT2D eigenvalue weighted by molar-refractivity contribution is 5.94. The zero-order valence-corrected chi connectivity index (χ0v) is 19.4. The van der Waals surface area contributed by atoms with Gasteiger partial charge in [0, 0.05) is 12.2 Å². The molecule has 172 valence electrons. The Kier molecular flexibility index (Phi) is 7.04. The van der Waals surface area contributed by atoms with Gasteiger partial charge in [0.15, 0.2) is 0 Å². The molecule has 1 atom stereocenters. The van der Waals surface area contributed by atoms with Crippen molar-refractivity contribution < 1.29 is 9.18 Å². The number of rotatable bonds is 6. The van der Waals surface area contributed by atoms with Gasteiger partial charge in [-0.3, -0.25) is 9.48 Å². The Labute approximate surface area is 194 Å². The summed E-state index contributed by atoms with van der Waals surface area (Å²) >= 11 is 0. The summed E-state index contributed by atoms with van der Waals surface area (Å²) in [5.74, 6) is -0.366. The maximum Gasteiger partial charge on any atom is 0.254 e. The number of nitrogens with zero attached hydrogens (tertiary/aromatic N) is 2. The van der Waals surface area contributed by atoms with Gasteiger partial charge in [-0.05, 0) is 81.1 Å². The highest BCUT2D eigenvalue weighted by Crippen LogP contribution is 2.32. The number of aromatic nitrogens is 2. The van der Waals surface area contributed by atoms with Gasteiger partial charge in [-0.2, -0.15) is 5.10 Å². The third-order valence-electron chi connectivity index (χ3n) is 6.13. The van der Waals surface area contributed by atoms with E-state index >= 15 is 0 Å². The normalized spacial score (nSPS) is 14.9. The van der Waals surface area contributed by atoms with Gasteiger partial charge in [0.2, 0.25) is 0 Å². The van der Waals surface area contributed by atoms with Crippen molar-refractivity contribution in [3.05, 3.63) is 94.6 Å². The van der Waals surface area contributed by atoms with Crippen LogP contribution in [0.15, 0.2) is 66.5 Å². The number of benzene rings is 2. The molecule has 33 heavy (non-hydrogen) atoms. The Bertz CT molecular complexity index is 1120. The molecule has 2 N–H and O–H groups in total. The molecule has 0 unspecified atom stereocenters. The Hall–Kier alpha value is -3.25. The maximum atomic E-state index is 13.5. The second-order valence-corrected chi connectivity index (χ2v) is 8.86. The molecule has 2 aromatic carbocycles. The van der Waals surface area contributed by atoms with E-state index in [1.54, 1.807) is 17.1 Å². The first kappa shape index (κ1) is 22.9. The molecule has 3 aromatic rings. The van der Waals surface area contributed by atoms with Crippen LogP contribution in [0.5, 0.6) is 0 Å². The lowest BCUT2D eigenvalue weighted by atomic mass is 9.88. The Morgan fingerprint density at radius 3 is 2.15 bits per heavy atom. The fourth-order valence-corrected chi connectivity index (χ4v) is 4.21. The maximum absolute atomic E-state index is 13.5. The summed E-state index contributed by atoms with van der Waals surface area (Å²) in [6.07, 6.45) is 5.33. The number of carbonyl (C=O) groups is 1. The average molecular weight is 447 g/mol. The zero-order valence-electron chi connectivity index (χ0n) is 19.4. The first-order valence-electron chi connectivity index (χ1n) is 11.6. The summed E-state index contributed by atoms with van der Waals surface area (Å²) in [4.78, 5) is 12.7. The highest BCUT2D eigenvalue weighted by atomic mass is 19.1. The second-order valence-electron chi connectivity index (χ2n) is 8.86. The summed E-state index contributed by atoms with van der Waals surface area (Å²) in [7, 11) is 0. The average Bonchev–Trinajstić information content (AvgIpc) is 3.33. The van der Waals surface area contributed by atoms with E-state index in [1.807, 2.05) is 32.9 Å². The van der Waals surface area contributed by atoms with E-state index in [1.165, 1.54) is 23.3 Å². The Morgan fingerprint density at radius 2 is 1.58 bits per heavy atom. The molecule has 0 aliphatic carbocycles. The lowest BCUT2D eigenvalue weighted by Gasteiger charge is -2.22. The molecule has 4 rings (SSSR count). The zero-order chi connectivity index (χ0) is 23.4. The van der Waals surface area contributed by atoms with Crippen molar-refractivity contribution in [2.45, 2.75) is 45.7 Å². The third kappa shape index (κ3) is 5.40. The molecular formula is C27H31FN4O. The van der Waals surface area contributed by atoms with Crippen LogP contribution in [0.1, 0.15) is 72.7 Å². The van der Waals surface area contributed by atoms with Crippen molar-refractivity contribution in [1.82, 2.24) is 20.4 Å². The first-order chi connectivity index (χ1) is 15.9. The van der Waals surface area contributed by atoms with E-state index in [0.717, 1.165) is 42.6 Å². The molecule has 1 aliphatic heterocycles. The fraction of sp³-hybridized carbons (Fsp3) is 0.333. The van der Waals surface area contributed by atoms with Crippen molar-refractivity contribution in [3.63, 3.8) is 0 Å². The van der Waals surface area contributed by atoms with Crippen molar-refractivity contribution in [2.75, 3.05) is 13.1 Å². The van der Waals surface area contributed by atoms with E-state index in [0.29, 0.717) is 5.56 Å². The van der Waals surface area contributed by atoms with Crippen LogP contribution in [0.2, 0.25) is 0 Å². The second kappa shape index (κ2) is 10.1. The predicted octanol–water partition coefficient (Wildman–Crippen LogP) is 5.28. The molecule has 1 fully saturated rings. The third-order valence-corrected chi connectivity index (χ3v) is 6.13. The molecule has 2 heterocycles. The minimum absolute atomic E-state index is 0.137. The van der Waals surface area contributed by atoms with E-state index < -0.39 is 0 Å². The van der Waals surface area contributed by atoms with Gasteiger partial charge in [0.1, 0.15) is 5.82 Å². The van der Waals surface area contributed by atoms with Crippen LogP contribution in [0.4, 0.5) is 4.39 Å². The van der Waals surface area contributed by atoms with Crippen LogP contribution in [-0.2, 0) is 0 Å². The van der Waals surface area contributed by atoms with Crippen molar-refractivity contribution in [1.29, 1.82) is 0 Å². The van der Waals surface area contributed by atoms with Crippen LogP contribution >= 0.6 is 0 Å². The number of carbonyl (C=O) groups excluding carboxylic acids is 1. The van der Waals surface area contributed by atoms with Gasteiger partial charge in [-0.25, -0.2) is 4.39 Å². The highest BCUT2D eigenvalue weighted by Gasteiger charge is 2.17. The Balaban J connectivity index is 1.54. The van der Waals surface area contributed by atoms with Crippen LogP contribution < -0.4 is 10.6 Å². The van der Waals surface area contributed by atoms with Crippen LogP contribution in [0, 0.1) is 5.82 Å². The fourth-order valence-electron chi connectivity index (χ4n) is 4.21. The van der Waals surface area contributed by atoms with Gasteiger partial charge in [0.05, 0.1) is 17.8 Å². The molecular weight excluding hydrogens is 415 g/mol. The predicted molar refractivity (Wildman–Crippen MR) is 129 cm³/mol. The summed E-state index contributed by atoms with van der Waals surface area (Å²) in [5.41, 5.74) is 6.29. The van der Waals surface area contributed by atoms with Crippen molar-refractivity contribution in [2.24, 2.45) is 0 Å². The number of amides is 1. The molecule has 1 aromatic heterocycles. The summed E-state index contributed by atoms with van der Waals surface area (Å²) in [5, 5.41) is 10.7. The summed E-state index contributed by atoms with van der Waals surface area (Å²) in [6, 6.07) is 15.1. The number of halogens is 1. The largest absolute Gasteiger partial charge is 0.345 e. The van der Waals surface area contributed by atoms with E-state index in [2.05, 4.69) is 40.0 Å². The number of nitrogens with one attached hydrogen (secondary N) is 2. The number of piperidine rings is 1. The summed E-state index contributed by atoms with van der Waals surface area (Å²) in [6.45, 7) is 7.94. The molecule has 1 aliphatic rings. The number of hydrogen-bond donors (Lipinski definition) is 2. The van der Waals surface area contributed by atoms with Crippen LogP contribution in [-0.4, -0.2) is 28.8 Å². The molecule has 0 radical (unpaired) electrons. The van der Waals surface area contributed by atoms with Gasteiger partial charge >= 0.3 is 0 Å². The topological polar surface area (TPSA) is 59.0 Å². The molecule has 6 heteroatoms. The van der Waals surface area contributed by atoms with Crippen LogP contribution in [0.3, 0.4) is 0 Å². The van der Waals surface area contributed by atoms with E-state index in [4.69, 9.17) is 0 Å². The minimum atomic E-state index is -0.229. The molecule has 1 saturated heterocycles. The number of hydrogen-bond acceptors (Lipinski definition) is 3. The lowest BCUT2D eigenvalue weighted by Crippen LogP contribution is -2.26. The molecule has 1 amide bonds. The molecule has 0 bridgehead atoms. The van der Waals surface area contributed by atoms with Gasteiger partial charge in [-0.1, -0.05) is 42.0 Å². The van der Waals surface area contributed by atoms with Gasteiger partial charge < -0.3 is 10.6 Å². The monoisotopic (exact) mass is 446 g/mol. The quantitative estimate of drug-likeness (QED) is 0.542. The molecule has 5 nitrogen and oxygen atoms in total. The smallest absolute Gasteiger partial charge is 0.254 e. The molecule has 0 spiro atoms. The van der Waals surface area contributed by atoms with Crippen molar-refractivity contribution in [3.8, 4) is 0 Å². The molecule has 0 saturated carbocycles. The standard InChI is InChI=1S/C27H31FN4O/c1-18(2)32-17-24(16-30-32)27(33)31-19(3)20-4-6-21(7-5-20)26(23-12-14-29-15-13-23)22-8-10-25(28)11-9-22/h4-11,16-19,29H,12-15H2,1-3H3,(H,31,33)/t19-/m1/s1. The minimum Gasteiger partial charge on any atom is -0.345 e. The Morgan fingerprint density at radius 1 is 0.970 bits per heavy atom. The van der Waals surface area contributed by atoms with E-state index in [-0.39, 0.29) is 23.8 Å². The first-order valence-corrected chi connectivity index (χ1v) is 11.6. The van der Waals surface area contributed by atoms with Gasteiger partial charge in [-0.15, -0.1) is 0 Å².